The zero-order valence-corrected chi connectivity index (χ0v) is 13.2. The average Bonchev–Trinajstić information content (AvgIpc) is 3.31. The summed E-state index contributed by atoms with van der Waals surface area (Å²) in [5.41, 5.74) is 2.06. The molecule has 0 bridgehead atoms. The summed E-state index contributed by atoms with van der Waals surface area (Å²) < 4.78 is 0. The van der Waals surface area contributed by atoms with Crippen LogP contribution in [0.4, 0.5) is 11.8 Å². The quantitative estimate of drug-likeness (QED) is 0.823. The first-order valence-electron chi connectivity index (χ1n) is 7.80. The van der Waals surface area contributed by atoms with Crippen LogP contribution in [0.1, 0.15) is 12.8 Å². The fourth-order valence-corrected chi connectivity index (χ4v) is 2.18. The summed E-state index contributed by atoms with van der Waals surface area (Å²) >= 11 is 0. The number of nitrogens with one attached hydrogen (secondary N) is 2. The second-order valence-electron chi connectivity index (χ2n) is 5.98. The van der Waals surface area contributed by atoms with Crippen LogP contribution in [0.5, 0.6) is 0 Å². The van der Waals surface area contributed by atoms with Crippen molar-refractivity contribution in [3.63, 3.8) is 0 Å². The Hall–Kier alpha value is -2.14. The van der Waals surface area contributed by atoms with Crippen LogP contribution in [-0.4, -0.2) is 48.1 Å². The number of likely N-dealkylation sites (N-methyl/N-ethyl adjacent to an activating group) is 1. The maximum Gasteiger partial charge on any atom is 0.225 e. The topological polar surface area (TPSA) is 53.1 Å². The molecular weight excluding hydrogens is 274 g/mol. The molecule has 5 nitrogen and oxygen atoms in total. The van der Waals surface area contributed by atoms with Gasteiger partial charge >= 0.3 is 0 Å². The van der Waals surface area contributed by atoms with E-state index in [0.29, 0.717) is 6.04 Å². The van der Waals surface area contributed by atoms with Crippen LogP contribution in [0.2, 0.25) is 0 Å². The molecular formula is C17H23N5. The lowest BCUT2D eigenvalue weighted by Gasteiger charge is -2.13. The second kappa shape index (κ2) is 6.75. The Balaban J connectivity index is 1.81. The molecule has 1 aliphatic rings. The minimum atomic E-state index is 0.542. The highest BCUT2D eigenvalue weighted by Crippen LogP contribution is 2.26. The molecule has 0 radical (unpaired) electrons. The standard InChI is InChI=1S/C17H23N5/c1-22(2)11-10-18-16-12-15(13-6-4-3-5-7-13)20-17(21-16)19-14-8-9-14/h3-7,12,14H,8-11H2,1-2H3,(H2,18,19,20,21). The molecule has 2 N–H and O–H groups in total. The molecule has 1 saturated carbocycles. The van der Waals surface area contributed by atoms with Crippen molar-refractivity contribution < 1.29 is 0 Å². The lowest BCUT2D eigenvalue weighted by Crippen LogP contribution is -2.21. The van der Waals surface area contributed by atoms with Gasteiger partial charge in [-0.1, -0.05) is 30.3 Å². The number of aromatic nitrogens is 2. The lowest BCUT2D eigenvalue weighted by atomic mass is 10.1. The average molecular weight is 297 g/mol. The Morgan fingerprint density at radius 1 is 1.14 bits per heavy atom. The fourth-order valence-electron chi connectivity index (χ4n) is 2.18. The van der Waals surface area contributed by atoms with Crippen LogP contribution in [0.3, 0.4) is 0 Å². The first-order chi connectivity index (χ1) is 10.7. The van der Waals surface area contributed by atoms with Crippen LogP contribution in [0.25, 0.3) is 11.3 Å². The Bertz CT molecular complexity index is 608. The van der Waals surface area contributed by atoms with Gasteiger partial charge in [-0.2, -0.15) is 4.98 Å². The largest absolute Gasteiger partial charge is 0.369 e. The van der Waals surface area contributed by atoms with Gasteiger partial charge in [0.1, 0.15) is 5.82 Å². The Labute approximate surface area is 131 Å². The van der Waals surface area contributed by atoms with E-state index in [4.69, 9.17) is 0 Å². The van der Waals surface area contributed by atoms with E-state index in [2.05, 4.69) is 51.7 Å². The summed E-state index contributed by atoms with van der Waals surface area (Å²) in [6.45, 7) is 1.83. The van der Waals surface area contributed by atoms with Gasteiger partial charge in [-0.3, -0.25) is 0 Å². The highest BCUT2D eigenvalue weighted by molar-refractivity contribution is 5.64. The molecule has 5 heteroatoms. The zero-order chi connectivity index (χ0) is 15.4. The third-order valence-electron chi connectivity index (χ3n) is 3.57. The van der Waals surface area contributed by atoms with Crippen LogP contribution in [0.15, 0.2) is 36.4 Å². The van der Waals surface area contributed by atoms with Crippen molar-refractivity contribution >= 4 is 11.8 Å². The summed E-state index contributed by atoms with van der Waals surface area (Å²) in [4.78, 5) is 11.4. The molecule has 1 aromatic heterocycles. The SMILES string of the molecule is CN(C)CCNc1cc(-c2ccccc2)nc(NC2CC2)n1. The number of rotatable bonds is 7. The van der Waals surface area contributed by atoms with Crippen LogP contribution in [0, 0.1) is 0 Å². The normalized spacial score (nSPS) is 14.1. The van der Waals surface area contributed by atoms with E-state index >= 15 is 0 Å². The molecule has 1 aliphatic carbocycles. The maximum atomic E-state index is 4.65. The predicted molar refractivity (Wildman–Crippen MR) is 91.2 cm³/mol. The zero-order valence-electron chi connectivity index (χ0n) is 13.2. The first kappa shape index (κ1) is 14.8. The number of nitrogens with zero attached hydrogens (tertiary/aromatic N) is 3. The predicted octanol–water partition coefficient (Wildman–Crippen LogP) is 2.69. The smallest absolute Gasteiger partial charge is 0.225 e. The van der Waals surface area contributed by atoms with Crippen LogP contribution in [-0.2, 0) is 0 Å². The molecule has 2 aromatic rings. The van der Waals surface area contributed by atoms with Gasteiger partial charge in [-0.25, -0.2) is 4.98 Å². The van der Waals surface area contributed by atoms with E-state index in [1.165, 1.54) is 12.8 Å². The third kappa shape index (κ3) is 4.18. The highest BCUT2D eigenvalue weighted by Gasteiger charge is 2.22. The third-order valence-corrected chi connectivity index (χ3v) is 3.57. The van der Waals surface area contributed by atoms with Crippen molar-refractivity contribution in [1.82, 2.24) is 14.9 Å². The Kier molecular flexibility index (Phi) is 4.53. The highest BCUT2D eigenvalue weighted by atomic mass is 15.2. The van der Waals surface area contributed by atoms with Gasteiger partial charge < -0.3 is 15.5 Å². The fraction of sp³-hybridized carbons (Fsp3) is 0.412. The van der Waals surface area contributed by atoms with Crippen LogP contribution < -0.4 is 10.6 Å². The molecule has 0 amide bonds. The Morgan fingerprint density at radius 2 is 1.91 bits per heavy atom. The van der Waals surface area contributed by atoms with E-state index in [0.717, 1.165) is 36.1 Å². The Morgan fingerprint density at radius 3 is 2.59 bits per heavy atom. The summed E-state index contributed by atoms with van der Waals surface area (Å²) in [7, 11) is 4.13. The summed E-state index contributed by atoms with van der Waals surface area (Å²) in [5.74, 6) is 1.59. The first-order valence-corrected chi connectivity index (χ1v) is 7.80. The van der Waals surface area contributed by atoms with Gasteiger partial charge in [-0.15, -0.1) is 0 Å². The van der Waals surface area contributed by atoms with Gasteiger partial charge in [0, 0.05) is 30.8 Å². The number of anilines is 2. The molecule has 22 heavy (non-hydrogen) atoms. The summed E-state index contributed by atoms with van der Waals surface area (Å²) in [6, 6.07) is 12.8. The molecule has 0 spiro atoms. The molecule has 1 heterocycles. The van der Waals surface area contributed by atoms with Crippen LogP contribution >= 0.6 is 0 Å². The molecule has 116 valence electrons. The van der Waals surface area contributed by atoms with Gasteiger partial charge in [0.05, 0.1) is 5.69 Å². The molecule has 0 atom stereocenters. The molecule has 0 saturated heterocycles. The van der Waals surface area contributed by atoms with Gasteiger partial charge in [0.15, 0.2) is 0 Å². The maximum absolute atomic E-state index is 4.65. The minimum absolute atomic E-state index is 0.542. The van der Waals surface area contributed by atoms with E-state index in [-0.39, 0.29) is 0 Å². The van der Waals surface area contributed by atoms with Crippen molar-refractivity contribution in [2.75, 3.05) is 37.8 Å². The second-order valence-corrected chi connectivity index (χ2v) is 5.98. The van der Waals surface area contributed by atoms with Crippen molar-refractivity contribution in [3.8, 4) is 11.3 Å². The van der Waals surface area contributed by atoms with Crippen molar-refractivity contribution in [2.24, 2.45) is 0 Å². The van der Waals surface area contributed by atoms with E-state index in [9.17, 15) is 0 Å². The summed E-state index contributed by atoms with van der Waals surface area (Å²) in [5, 5.41) is 6.78. The summed E-state index contributed by atoms with van der Waals surface area (Å²) in [6.07, 6.45) is 2.42. The van der Waals surface area contributed by atoms with Gasteiger partial charge in [0.2, 0.25) is 5.95 Å². The van der Waals surface area contributed by atoms with E-state index in [1.807, 2.05) is 24.3 Å². The van der Waals surface area contributed by atoms with Crippen molar-refractivity contribution in [3.05, 3.63) is 36.4 Å². The van der Waals surface area contributed by atoms with Crippen molar-refractivity contribution in [2.45, 2.75) is 18.9 Å². The van der Waals surface area contributed by atoms with E-state index < -0.39 is 0 Å². The van der Waals surface area contributed by atoms with E-state index in [1.54, 1.807) is 0 Å². The molecule has 1 fully saturated rings. The molecule has 3 rings (SSSR count). The molecule has 0 unspecified atom stereocenters. The number of hydrogen-bond acceptors (Lipinski definition) is 5. The molecule has 1 aromatic carbocycles. The van der Waals surface area contributed by atoms with Gasteiger partial charge in [-0.05, 0) is 26.9 Å². The molecule has 0 aliphatic heterocycles. The number of benzene rings is 1. The monoisotopic (exact) mass is 297 g/mol. The lowest BCUT2D eigenvalue weighted by molar-refractivity contribution is 0.425. The van der Waals surface area contributed by atoms with Gasteiger partial charge in [0.25, 0.3) is 0 Å². The number of hydrogen-bond donors (Lipinski definition) is 2. The minimum Gasteiger partial charge on any atom is -0.369 e. The van der Waals surface area contributed by atoms with Crippen molar-refractivity contribution in [1.29, 1.82) is 0 Å².